The highest BCUT2D eigenvalue weighted by Crippen LogP contribution is 2.20. The summed E-state index contributed by atoms with van der Waals surface area (Å²) < 4.78 is 0. The number of carboxylic acids is 1. The lowest BCUT2D eigenvalue weighted by Crippen LogP contribution is -2.53. The molecule has 0 unspecified atom stereocenters. The molecular weight excluding hydrogens is 312 g/mol. The Labute approximate surface area is 149 Å². The molecule has 132 valence electrons. The topological polar surface area (TPSA) is 43.8 Å². The Bertz CT molecular complexity index is 722. The number of para-hydroxylation sites is 1. The zero-order valence-corrected chi connectivity index (χ0v) is 15.0. The van der Waals surface area contributed by atoms with Gasteiger partial charge in [-0.1, -0.05) is 36.4 Å². The summed E-state index contributed by atoms with van der Waals surface area (Å²) in [5.41, 5.74) is 4.77. The van der Waals surface area contributed by atoms with Crippen molar-refractivity contribution in [3.63, 3.8) is 0 Å². The van der Waals surface area contributed by atoms with Gasteiger partial charge in [-0.05, 0) is 49.1 Å². The quantitative estimate of drug-likeness (QED) is 0.910. The van der Waals surface area contributed by atoms with Crippen molar-refractivity contribution in [3.8, 4) is 0 Å². The van der Waals surface area contributed by atoms with E-state index < -0.39 is 12.0 Å². The molecule has 0 saturated carbocycles. The molecule has 1 aliphatic heterocycles. The molecule has 4 nitrogen and oxygen atoms in total. The molecule has 1 aliphatic rings. The summed E-state index contributed by atoms with van der Waals surface area (Å²) in [6, 6.07) is 16.0. The predicted molar refractivity (Wildman–Crippen MR) is 101 cm³/mol. The Balaban J connectivity index is 1.68. The van der Waals surface area contributed by atoms with Gasteiger partial charge in [0.25, 0.3) is 0 Å². The lowest BCUT2D eigenvalue weighted by atomic mass is 9.96. The largest absolute Gasteiger partial charge is 0.480 e. The molecule has 1 N–H and O–H groups in total. The third kappa shape index (κ3) is 4.02. The smallest absolute Gasteiger partial charge is 0.321 e. The van der Waals surface area contributed by atoms with E-state index in [0.29, 0.717) is 6.42 Å². The van der Waals surface area contributed by atoms with Gasteiger partial charge in [-0.3, -0.25) is 9.69 Å². The molecule has 2 aromatic rings. The molecule has 4 heteroatoms. The van der Waals surface area contributed by atoms with Gasteiger partial charge in [-0.25, -0.2) is 0 Å². The molecule has 1 saturated heterocycles. The van der Waals surface area contributed by atoms with Crippen LogP contribution in [0.25, 0.3) is 0 Å². The normalized spacial score (nSPS) is 16.6. The van der Waals surface area contributed by atoms with E-state index in [-0.39, 0.29) is 0 Å². The molecule has 0 aromatic heterocycles. The highest BCUT2D eigenvalue weighted by molar-refractivity contribution is 5.74. The second-order valence-corrected chi connectivity index (χ2v) is 6.78. The van der Waals surface area contributed by atoms with Crippen LogP contribution < -0.4 is 4.90 Å². The molecule has 0 aliphatic carbocycles. The van der Waals surface area contributed by atoms with Gasteiger partial charge in [0, 0.05) is 31.9 Å². The fourth-order valence-corrected chi connectivity index (χ4v) is 3.54. The van der Waals surface area contributed by atoms with E-state index in [1.807, 2.05) is 24.3 Å². The summed E-state index contributed by atoms with van der Waals surface area (Å²) in [4.78, 5) is 16.3. The van der Waals surface area contributed by atoms with Gasteiger partial charge in [-0.15, -0.1) is 0 Å². The summed E-state index contributed by atoms with van der Waals surface area (Å²) >= 11 is 0. The second-order valence-electron chi connectivity index (χ2n) is 6.78. The molecule has 0 spiro atoms. The number of rotatable bonds is 5. The van der Waals surface area contributed by atoms with Gasteiger partial charge < -0.3 is 10.0 Å². The molecular formula is C21H26N2O2. The van der Waals surface area contributed by atoms with Crippen LogP contribution >= 0.6 is 0 Å². The number of nitrogens with zero attached hydrogens (tertiary/aromatic N) is 2. The van der Waals surface area contributed by atoms with Crippen LogP contribution in [0.4, 0.5) is 5.69 Å². The minimum absolute atomic E-state index is 0.460. The molecule has 1 fully saturated rings. The highest BCUT2D eigenvalue weighted by atomic mass is 16.4. The van der Waals surface area contributed by atoms with Gasteiger partial charge >= 0.3 is 5.97 Å². The number of carbonyl (C=O) groups is 1. The molecule has 2 aromatic carbocycles. The lowest BCUT2D eigenvalue weighted by Gasteiger charge is -2.39. The van der Waals surface area contributed by atoms with Crippen LogP contribution in [0.1, 0.15) is 16.7 Å². The number of aryl methyl sites for hydroxylation is 1. The number of hydrogen-bond acceptors (Lipinski definition) is 3. The minimum Gasteiger partial charge on any atom is -0.480 e. The van der Waals surface area contributed by atoms with Crippen LogP contribution in [0.3, 0.4) is 0 Å². The monoisotopic (exact) mass is 338 g/mol. The fraction of sp³-hybridized carbons (Fsp3) is 0.381. The van der Waals surface area contributed by atoms with Crippen molar-refractivity contribution < 1.29 is 9.90 Å². The first-order valence-electron chi connectivity index (χ1n) is 8.88. The molecule has 1 atom stereocenters. The van der Waals surface area contributed by atoms with Gasteiger partial charge in [0.1, 0.15) is 6.04 Å². The average molecular weight is 338 g/mol. The maximum atomic E-state index is 11.9. The molecule has 3 rings (SSSR count). The molecule has 1 heterocycles. The van der Waals surface area contributed by atoms with Crippen molar-refractivity contribution >= 4 is 11.7 Å². The zero-order valence-electron chi connectivity index (χ0n) is 15.0. The number of carboxylic acid groups (broad SMARTS) is 1. The Hall–Kier alpha value is -2.33. The van der Waals surface area contributed by atoms with E-state index in [1.54, 1.807) is 0 Å². The lowest BCUT2D eigenvalue weighted by molar-refractivity contribution is -0.143. The second kappa shape index (κ2) is 7.70. The average Bonchev–Trinajstić information content (AvgIpc) is 2.63. The Morgan fingerprint density at radius 2 is 1.68 bits per heavy atom. The van der Waals surface area contributed by atoms with Crippen LogP contribution in [-0.2, 0) is 11.2 Å². The maximum absolute atomic E-state index is 11.9. The van der Waals surface area contributed by atoms with Crippen LogP contribution in [0.5, 0.6) is 0 Å². The number of piperazine rings is 1. The van der Waals surface area contributed by atoms with E-state index >= 15 is 0 Å². The third-order valence-corrected chi connectivity index (χ3v) is 5.29. The predicted octanol–water partition coefficient (Wildman–Crippen LogP) is 3.12. The van der Waals surface area contributed by atoms with E-state index in [1.165, 1.54) is 16.8 Å². The molecule has 0 amide bonds. The number of anilines is 1. The number of benzene rings is 2. The van der Waals surface area contributed by atoms with Crippen molar-refractivity contribution in [2.75, 3.05) is 31.1 Å². The van der Waals surface area contributed by atoms with E-state index in [4.69, 9.17) is 0 Å². The van der Waals surface area contributed by atoms with Gasteiger partial charge in [0.05, 0.1) is 0 Å². The standard InChI is InChI=1S/C21H26N2O2/c1-16-7-6-8-18(17(16)2)15-20(21(24)25)23-13-11-22(12-14-23)19-9-4-3-5-10-19/h3-10,20H,11-15H2,1-2H3,(H,24,25)/t20-/m1/s1. The fourth-order valence-electron chi connectivity index (χ4n) is 3.54. The number of aliphatic carboxylic acids is 1. The van der Waals surface area contributed by atoms with Crippen LogP contribution in [0, 0.1) is 13.8 Å². The van der Waals surface area contributed by atoms with Crippen molar-refractivity contribution in [1.29, 1.82) is 0 Å². The first-order valence-corrected chi connectivity index (χ1v) is 8.88. The van der Waals surface area contributed by atoms with Gasteiger partial charge in [0.15, 0.2) is 0 Å². The minimum atomic E-state index is -0.728. The van der Waals surface area contributed by atoms with Crippen LogP contribution in [-0.4, -0.2) is 48.2 Å². The summed E-state index contributed by atoms with van der Waals surface area (Å²) in [7, 11) is 0. The van der Waals surface area contributed by atoms with Crippen LogP contribution in [0.2, 0.25) is 0 Å². The van der Waals surface area contributed by atoms with E-state index in [9.17, 15) is 9.90 Å². The Kier molecular flexibility index (Phi) is 5.39. The van der Waals surface area contributed by atoms with Crippen molar-refractivity contribution in [2.24, 2.45) is 0 Å². The van der Waals surface area contributed by atoms with Crippen molar-refractivity contribution in [1.82, 2.24) is 4.90 Å². The summed E-state index contributed by atoms with van der Waals surface area (Å²) in [5, 5.41) is 9.77. The van der Waals surface area contributed by atoms with Crippen molar-refractivity contribution in [2.45, 2.75) is 26.3 Å². The molecule has 25 heavy (non-hydrogen) atoms. The third-order valence-electron chi connectivity index (χ3n) is 5.29. The first-order chi connectivity index (χ1) is 12.1. The molecule has 0 bridgehead atoms. The zero-order chi connectivity index (χ0) is 17.8. The maximum Gasteiger partial charge on any atom is 0.321 e. The highest BCUT2D eigenvalue weighted by Gasteiger charge is 2.29. The SMILES string of the molecule is Cc1cccc(C[C@H](C(=O)O)N2CCN(c3ccccc3)CC2)c1C. The van der Waals surface area contributed by atoms with Crippen molar-refractivity contribution in [3.05, 3.63) is 65.2 Å². The Morgan fingerprint density at radius 1 is 1.00 bits per heavy atom. The summed E-state index contributed by atoms with van der Waals surface area (Å²) in [6.07, 6.45) is 0.564. The van der Waals surface area contributed by atoms with E-state index in [2.05, 4.69) is 47.9 Å². The first kappa shape index (κ1) is 17.5. The number of hydrogen-bond donors (Lipinski definition) is 1. The van der Waals surface area contributed by atoms with Gasteiger partial charge in [0.2, 0.25) is 0 Å². The molecule has 0 radical (unpaired) electrons. The van der Waals surface area contributed by atoms with E-state index in [0.717, 1.165) is 31.7 Å². The van der Waals surface area contributed by atoms with Gasteiger partial charge in [-0.2, -0.15) is 0 Å². The Morgan fingerprint density at radius 3 is 2.32 bits per heavy atom. The summed E-state index contributed by atoms with van der Waals surface area (Å²) in [5.74, 6) is -0.728. The van der Waals surface area contributed by atoms with Crippen LogP contribution in [0.15, 0.2) is 48.5 Å². The summed E-state index contributed by atoms with van der Waals surface area (Å²) in [6.45, 7) is 7.43.